The first-order valence-electron chi connectivity index (χ1n) is 15.9. The third-order valence-electron chi connectivity index (χ3n) is 8.62. The van der Waals surface area contributed by atoms with Gasteiger partial charge in [-0.3, -0.25) is 9.59 Å². The maximum Gasteiger partial charge on any atom is 0.308 e. The highest BCUT2D eigenvalue weighted by molar-refractivity contribution is 5.79. The summed E-state index contributed by atoms with van der Waals surface area (Å²) in [6.45, 7) is 5.46. The van der Waals surface area contributed by atoms with Gasteiger partial charge in [0, 0.05) is 44.3 Å². The van der Waals surface area contributed by atoms with E-state index in [1.165, 1.54) is 7.11 Å². The van der Waals surface area contributed by atoms with Crippen molar-refractivity contribution in [1.82, 2.24) is 0 Å². The second-order valence-electron chi connectivity index (χ2n) is 11.9. The highest BCUT2D eigenvalue weighted by Crippen LogP contribution is 2.40. The van der Waals surface area contributed by atoms with Crippen LogP contribution in [0.4, 0.5) is 0 Å². The van der Waals surface area contributed by atoms with E-state index in [4.69, 9.17) is 23.7 Å². The predicted octanol–water partition coefficient (Wildman–Crippen LogP) is 5.88. The van der Waals surface area contributed by atoms with Crippen molar-refractivity contribution in [2.45, 2.75) is 141 Å². The number of esters is 1. The summed E-state index contributed by atoms with van der Waals surface area (Å²) in [5, 5.41) is 11.1. The van der Waals surface area contributed by atoms with Gasteiger partial charge in [0.15, 0.2) is 12.6 Å². The van der Waals surface area contributed by atoms with Crippen molar-refractivity contribution in [3.05, 3.63) is 12.2 Å². The molecule has 0 amide bonds. The molecule has 2 saturated heterocycles. The lowest BCUT2D eigenvalue weighted by Gasteiger charge is -2.30. The van der Waals surface area contributed by atoms with E-state index in [1.807, 2.05) is 6.92 Å². The van der Waals surface area contributed by atoms with E-state index in [1.54, 1.807) is 0 Å². The van der Waals surface area contributed by atoms with E-state index < -0.39 is 6.10 Å². The Balaban J connectivity index is 1.67. The van der Waals surface area contributed by atoms with Gasteiger partial charge in [-0.05, 0) is 57.8 Å². The first-order chi connectivity index (χ1) is 19.4. The van der Waals surface area contributed by atoms with E-state index in [9.17, 15) is 14.7 Å². The molecule has 2 aliphatic heterocycles. The monoisotopic (exact) mass is 566 g/mol. The zero-order valence-corrected chi connectivity index (χ0v) is 25.1. The average molecular weight is 567 g/mol. The van der Waals surface area contributed by atoms with Crippen LogP contribution in [0.15, 0.2) is 12.2 Å². The minimum absolute atomic E-state index is 0.0739. The van der Waals surface area contributed by atoms with Crippen LogP contribution < -0.4 is 0 Å². The Labute approximate surface area is 241 Å². The van der Waals surface area contributed by atoms with Crippen LogP contribution in [0.2, 0.25) is 0 Å². The summed E-state index contributed by atoms with van der Waals surface area (Å²) in [6.07, 6.45) is 15.7. The molecule has 3 rings (SSSR count). The van der Waals surface area contributed by atoms with Gasteiger partial charge in [0.25, 0.3) is 0 Å². The first kappa shape index (κ1) is 33.2. The number of Topliss-reactive ketones (excluding diaryl/α,β-unsaturated/α-hetero) is 1. The molecule has 0 aromatic rings. The van der Waals surface area contributed by atoms with Crippen LogP contribution in [0.25, 0.3) is 0 Å². The van der Waals surface area contributed by atoms with Gasteiger partial charge in [0.2, 0.25) is 0 Å². The lowest BCUT2D eigenvalue weighted by molar-refractivity contribution is -0.193. The average Bonchev–Trinajstić information content (AvgIpc) is 3.25. The van der Waals surface area contributed by atoms with Crippen LogP contribution >= 0.6 is 0 Å². The molecule has 2 heterocycles. The summed E-state index contributed by atoms with van der Waals surface area (Å²) in [4.78, 5) is 24.7. The zero-order chi connectivity index (χ0) is 28.7. The summed E-state index contributed by atoms with van der Waals surface area (Å²) in [5.74, 6) is -0.694. The molecule has 8 nitrogen and oxygen atoms in total. The van der Waals surface area contributed by atoms with E-state index in [0.29, 0.717) is 38.7 Å². The fourth-order valence-corrected chi connectivity index (χ4v) is 6.16. The van der Waals surface area contributed by atoms with Gasteiger partial charge in [0.1, 0.15) is 5.78 Å². The standard InChI is InChI=1S/C32H54O8/c1-4-5-6-14-25(39-30-15-7-9-19-37-30)17-18-26-27(21-24(33)13-11-12-23(2)32(35)36-3)28(34)22-29(26)40-31-16-8-10-20-38-31/h17-18,23,25-31,34H,4-16,19-22H2,1-3H3/t23?,25?,26-,27-,28+,29-,30?,31?/m1/s1. The number of hydrogen-bond donors (Lipinski definition) is 1. The molecule has 40 heavy (non-hydrogen) atoms. The number of carbonyl (C=O) groups excluding carboxylic acids is 2. The van der Waals surface area contributed by atoms with E-state index in [0.717, 1.165) is 70.8 Å². The fourth-order valence-electron chi connectivity index (χ4n) is 6.16. The Morgan fingerprint density at radius 3 is 2.38 bits per heavy atom. The maximum absolute atomic E-state index is 13.0. The minimum Gasteiger partial charge on any atom is -0.469 e. The molecule has 3 aliphatic rings. The van der Waals surface area contributed by atoms with Gasteiger partial charge in [-0.25, -0.2) is 0 Å². The Bertz CT molecular complexity index is 758. The van der Waals surface area contributed by atoms with Crippen LogP contribution in [0.3, 0.4) is 0 Å². The lowest BCUT2D eigenvalue weighted by atomic mass is 9.87. The van der Waals surface area contributed by atoms with Gasteiger partial charge in [0.05, 0.1) is 31.3 Å². The van der Waals surface area contributed by atoms with Crippen LogP contribution in [-0.4, -0.2) is 68.1 Å². The zero-order valence-electron chi connectivity index (χ0n) is 25.1. The molecule has 0 aromatic carbocycles. The number of ether oxygens (including phenoxy) is 5. The molecule has 230 valence electrons. The number of hydrogen-bond acceptors (Lipinski definition) is 8. The summed E-state index contributed by atoms with van der Waals surface area (Å²) < 4.78 is 29.3. The minimum atomic E-state index is -0.623. The molecular formula is C32H54O8. The molecule has 0 spiro atoms. The quantitative estimate of drug-likeness (QED) is 0.132. The number of unbranched alkanes of at least 4 members (excludes halogenated alkanes) is 2. The van der Waals surface area contributed by atoms with Crippen LogP contribution in [0, 0.1) is 17.8 Å². The van der Waals surface area contributed by atoms with Gasteiger partial charge in [-0.15, -0.1) is 0 Å². The highest BCUT2D eigenvalue weighted by atomic mass is 16.7. The Morgan fingerprint density at radius 2 is 1.73 bits per heavy atom. The number of carbonyl (C=O) groups is 2. The SMILES string of the molecule is CCCCCC(C=C[C@@H]1[C@@H](CC(=O)CCCC(C)C(=O)OC)[C@@H](O)C[C@H]1OC1CCCCO1)OC1CCCCO1. The number of aliphatic hydroxyl groups excluding tert-OH is 1. The summed E-state index contributed by atoms with van der Waals surface area (Å²) in [5.41, 5.74) is 0. The van der Waals surface area contributed by atoms with E-state index in [-0.39, 0.29) is 54.3 Å². The van der Waals surface area contributed by atoms with Crippen molar-refractivity contribution in [2.24, 2.45) is 17.8 Å². The Kier molecular flexibility index (Phi) is 15.2. The number of aliphatic hydroxyl groups is 1. The van der Waals surface area contributed by atoms with E-state index >= 15 is 0 Å². The van der Waals surface area contributed by atoms with Gasteiger partial charge in [-0.2, -0.15) is 0 Å². The topological polar surface area (TPSA) is 101 Å². The molecule has 0 aromatic heterocycles. The highest BCUT2D eigenvalue weighted by Gasteiger charge is 2.44. The molecule has 4 unspecified atom stereocenters. The molecule has 8 atom stereocenters. The van der Waals surface area contributed by atoms with Gasteiger partial charge >= 0.3 is 5.97 Å². The molecule has 1 saturated carbocycles. The maximum atomic E-state index is 13.0. The van der Waals surface area contributed by atoms with E-state index in [2.05, 4.69) is 19.1 Å². The van der Waals surface area contributed by atoms with Gasteiger partial charge < -0.3 is 28.8 Å². The van der Waals surface area contributed by atoms with Crippen molar-refractivity contribution in [1.29, 1.82) is 0 Å². The Hall–Kier alpha value is -1.32. The molecule has 3 fully saturated rings. The van der Waals surface area contributed by atoms with Gasteiger partial charge in [-0.1, -0.05) is 45.3 Å². The summed E-state index contributed by atoms with van der Waals surface area (Å²) in [7, 11) is 1.39. The molecular weight excluding hydrogens is 512 g/mol. The molecule has 0 bridgehead atoms. The second kappa shape index (κ2) is 18.3. The van der Waals surface area contributed by atoms with Crippen molar-refractivity contribution in [3.8, 4) is 0 Å². The van der Waals surface area contributed by atoms with Crippen molar-refractivity contribution in [2.75, 3.05) is 20.3 Å². The van der Waals surface area contributed by atoms with Crippen molar-refractivity contribution >= 4 is 11.8 Å². The van der Waals surface area contributed by atoms with Crippen LogP contribution in [0.1, 0.15) is 110 Å². The normalized spacial score (nSPS) is 30.8. The van der Waals surface area contributed by atoms with Crippen LogP contribution in [0.5, 0.6) is 0 Å². The summed E-state index contributed by atoms with van der Waals surface area (Å²) in [6, 6.07) is 0. The van der Waals surface area contributed by atoms with Crippen LogP contribution in [-0.2, 0) is 33.3 Å². The number of rotatable bonds is 17. The van der Waals surface area contributed by atoms with Crippen molar-refractivity contribution in [3.63, 3.8) is 0 Å². The largest absolute Gasteiger partial charge is 0.469 e. The lowest BCUT2D eigenvalue weighted by Crippen LogP contribution is -2.31. The number of ketones is 1. The first-order valence-corrected chi connectivity index (χ1v) is 15.9. The third-order valence-corrected chi connectivity index (χ3v) is 8.62. The molecule has 0 radical (unpaired) electrons. The third kappa shape index (κ3) is 11.2. The Morgan fingerprint density at radius 1 is 1.00 bits per heavy atom. The van der Waals surface area contributed by atoms with Crippen molar-refractivity contribution < 1.29 is 38.4 Å². The molecule has 1 aliphatic carbocycles. The number of methoxy groups -OCH3 is 1. The fraction of sp³-hybridized carbons (Fsp3) is 0.875. The molecule has 8 heteroatoms. The smallest absolute Gasteiger partial charge is 0.308 e. The second-order valence-corrected chi connectivity index (χ2v) is 11.9. The predicted molar refractivity (Wildman–Crippen MR) is 152 cm³/mol. The molecule has 1 N–H and O–H groups in total. The summed E-state index contributed by atoms with van der Waals surface area (Å²) >= 11 is 0.